The third kappa shape index (κ3) is 2.52. The average molecular weight is 194 g/mol. The number of aromatic carboxylic acids is 1. The van der Waals surface area contributed by atoms with Crippen molar-refractivity contribution in [2.75, 3.05) is 0 Å². The Morgan fingerprint density at radius 3 is 2.71 bits per heavy atom. The van der Waals surface area contributed by atoms with Crippen LogP contribution in [0.5, 0.6) is 0 Å². The second kappa shape index (κ2) is 4.17. The fourth-order valence-corrected chi connectivity index (χ4v) is 1.27. The van der Waals surface area contributed by atoms with Crippen molar-refractivity contribution in [3.8, 4) is 0 Å². The van der Waals surface area contributed by atoms with E-state index in [1.807, 2.05) is 13.8 Å². The van der Waals surface area contributed by atoms with E-state index in [-0.39, 0.29) is 5.69 Å². The first kappa shape index (κ1) is 10.6. The molecule has 0 spiro atoms. The molecule has 1 N–H and O–H groups in total. The standard InChI is InChI=1S/C10H14N2O2/c1-6(2)4-8-5-11-7(3)12-9(8)10(13)14/h5-6H,4H2,1-3H3,(H,13,14). The lowest BCUT2D eigenvalue weighted by Gasteiger charge is -2.07. The summed E-state index contributed by atoms with van der Waals surface area (Å²) in [6, 6.07) is 0. The Labute approximate surface area is 83.0 Å². The molecule has 4 nitrogen and oxygen atoms in total. The van der Waals surface area contributed by atoms with Crippen LogP contribution in [0.15, 0.2) is 6.20 Å². The normalized spacial score (nSPS) is 10.6. The Morgan fingerprint density at radius 2 is 2.21 bits per heavy atom. The Bertz CT molecular complexity index is 348. The lowest BCUT2D eigenvalue weighted by Crippen LogP contribution is -2.10. The van der Waals surface area contributed by atoms with Crippen LogP contribution in [0.3, 0.4) is 0 Å². The zero-order valence-corrected chi connectivity index (χ0v) is 8.61. The minimum Gasteiger partial charge on any atom is -0.477 e. The van der Waals surface area contributed by atoms with E-state index in [1.54, 1.807) is 13.1 Å². The zero-order valence-electron chi connectivity index (χ0n) is 8.61. The van der Waals surface area contributed by atoms with Gasteiger partial charge in [0.05, 0.1) is 0 Å². The number of nitrogens with zero attached hydrogens (tertiary/aromatic N) is 2. The molecule has 14 heavy (non-hydrogen) atoms. The van der Waals surface area contributed by atoms with E-state index in [2.05, 4.69) is 9.97 Å². The molecule has 0 unspecified atom stereocenters. The van der Waals surface area contributed by atoms with Crippen LogP contribution >= 0.6 is 0 Å². The predicted molar refractivity (Wildman–Crippen MR) is 52.3 cm³/mol. The van der Waals surface area contributed by atoms with Gasteiger partial charge in [-0.15, -0.1) is 0 Å². The fourth-order valence-electron chi connectivity index (χ4n) is 1.27. The molecule has 0 aliphatic rings. The minimum atomic E-state index is -0.980. The largest absolute Gasteiger partial charge is 0.477 e. The lowest BCUT2D eigenvalue weighted by molar-refractivity contribution is 0.0688. The number of carboxylic acid groups (broad SMARTS) is 1. The summed E-state index contributed by atoms with van der Waals surface area (Å²) in [5.74, 6) is -0.0829. The van der Waals surface area contributed by atoms with Gasteiger partial charge in [0.1, 0.15) is 5.82 Å². The molecule has 0 radical (unpaired) electrons. The van der Waals surface area contributed by atoms with E-state index in [0.29, 0.717) is 23.7 Å². The van der Waals surface area contributed by atoms with Crippen LogP contribution in [0.4, 0.5) is 0 Å². The first-order chi connectivity index (χ1) is 6.50. The number of hydrogen-bond donors (Lipinski definition) is 1. The second-order valence-electron chi connectivity index (χ2n) is 3.69. The van der Waals surface area contributed by atoms with Crippen molar-refractivity contribution in [1.29, 1.82) is 0 Å². The maximum Gasteiger partial charge on any atom is 0.354 e. The smallest absolute Gasteiger partial charge is 0.354 e. The maximum absolute atomic E-state index is 10.9. The van der Waals surface area contributed by atoms with Gasteiger partial charge in [0.15, 0.2) is 5.69 Å². The number of rotatable bonds is 3. The molecule has 1 rings (SSSR count). The molecule has 4 heteroatoms. The average Bonchev–Trinajstić information content (AvgIpc) is 2.07. The highest BCUT2D eigenvalue weighted by atomic mass is 16.4. The monoisotopic (exact) mass is 194 g/mol. The van der Waals surface area contributed by atoms with Gasteiger partial charge in [0.25, 0.3) is 0 Å². The summed E-state index contributed by atoms with van der Waals surface area (Å²) in [6.45, 7) is 5.75. The summed E-state index contributed by atoms with van der Waals surface area (Å²) in [4.78, 5) is 18.8. The van der Waals surface area contributed by atoms with Gasteiger partial charge >= 0.3 is 5.97 Å². The lowest BCUT2D eigenvalue weighted by atomic mass is 10.0. The first-order valence-corrected chi connectivity index (χ1v) is 4.56. The van der Waals surface area contributed by atoms with Crippen molar-refractivity contribution in [2.24, 2.45) is 5.92 Å². The van der Waals surface area contributed by atoms with E-state index in [4.69, 9.17) is 5.11 Å². The SMILES string of the molecule is Cc1ncc(CC(C)C)c(C(=O)O)n1. The van der Waals surface area contributed by atoms with E-state index in [9.17, 15) is 4.79 Å². The number of carboxylic acids is 1. The van der Waals surface area contributed by atoms with Crippen LogP contribution < -0.4 is 0 Å². The highest BCUT2D eigenvalue weighted by Crippen LogP contribution is 2.11. The molecule has 0 amide bonds. The van der Waals surface area contributed by atoms with Crippen molar-refractivity contribution in [3.63, 3.8) is 0 Å². The molecular weight excluding hydrogens is 180 g/mol. The summed E-state index contributed by atoms with van der Waals surface area (Å²) < 4.78 is 0. The van der Waals surface area contributed by atoms with Crippen LogP contribution in [0.2, 0.25) is 0 Å². The summed E-state index contributed by atoms with van der Waals surface area (Å²) in [6.07, 6.45) is 2.30. The molecule has 0 fully saturated rings. The second-order valence-corrected chi connectivity index (χ2v) is 3.69. The van der Waals surface area contributed by atoms with Crippen LogP contribution in [-0.2, 0) is 6.42 Å². The van der Waals surface area contributed by atoms with Crippen LogP contribution in [0.25, 0.3) is 0 Å². The third-order valence-electron chi connectivity index (χ3n) is 1.82. The molecule has 1 aromatic heterocycles. The summed E-state index contributed by atoms with van der Waals surface area (Å²) in [5, 5.41) is 8.91. The zero-order chi connectivity index (χ0) is 10.7. The Hall–Kier alpha value is -1.45. The van der Waals surface area contributed by atoms with Crippen molar-refractivity contribution >= 4 is 5.97 Å². The highest BCUT2D eigenvalue weighted by Gasteiger charge is 2.13. The summed E-state index contributed by atoms with van der Waals surface area (Å²) in [7, 11) is 0. The first-order valence-electron chi connectivity index (χ1n) is 4.56. The van der Waals surface area contributed by atoms with Crippen LogP contribution in [0.1, 0.15) is 35.7 Å². The molecule has 0 saturated carbocycles. The molecule has 76 valence electrons. The quantitative estimate of drug-likeness (QED) is 0.795. The van der Waals surface area contributed by atoms with Crippen LogP contribution in [-0.4, -0.2) is 21.0 Å². The number of aromatic nitrogens is 2. The highest BCUT2D eigenvalue weighted by molar-refractivity contribution is 5.86. The summed E-state index contributed by atoms with van der Waals surface area (Å²) >= 11 is 0. The van der Waals surface area contributed by atoms with Gasteiger partial charge in [-0.1, -0.05) is 13.8 Å². The Kier molecular flexibility index (Phi) is 3.17. The van der Waals surface area contributed by atoms with E-state index >= 15 is 0 Å². The predicted octanol–water partition coefficient (Wildman–Crippen LogP) is 1.68. The van der Waals surface area contributed by atoms with Gasteiger partial charge in [-0.2, -0.15) is 0 Å². The molecule has 0 atom stereocenters. The molecule has 0 aliphatic carbocycles. The molecular formula is C10H14N2O2. The van der Waals surface area contributed by atoms with Gasteiger partial charge in [0.2, 0.25) is 0 Å². The van der Waals surface area contributed by atoms with Crippen molar-refractivity contribution < 1.29 is 9.90 Å². The van der Waals surface area contributed by atoms with Crippen LogP contribution in [0, 0.1) is 12.8 Å². The molecule has 0 aromatic carbocycles. The fraction of sp³-hybridized carbons (Fsp3) is 0.500. The van der Waals surface area contributed by atoms with E-state index in [0.717, 1.165) is 0 Å². The van der Waals surface area contributed by atoms with E-state index in [1.165, 1.54) is 0 Å². The van der Waals surface area contributed by atoms with Crippen molar-refractivity contribution in [1.82, 2.24) is 9.97 Å². The number of hydrogen-bond acceptors (Lipinski definition) is 3. The maximum atomic E-state index is 10.9. The number of aryl methyl sites for hydroxylation is 1. The Morgan fingerprint density at radius 1 is 1.57 bits per heavy atom. The van der Waals surface area contributed by atoms with Gasteiger partial charge in [-0.25, -0.2) is 14.8 Å². The molecule has 1 aromatic rings. The third-order valence-corrected chi connectivity index (χ3v) is 1.82. The van der Waals surface area contributed by atoms with Crippen molar-refractivity contribution in [2.45, 2.75) is 27.2 Å². The van der Waals surface area contributed by atoms with Gasteiger partial charge in [0, 0.05) is 11.8 Å². The summed E-state index contributed by atoms with van der Waals surface area (Å²) in [5.41, 5.74) is 0.837. The Balaban J connectivity index is 3.08. The number of carbonyl (C=O) groups is 1. The topological polar surface area (TPSA) is 63.1 Å². The van der Waals surface area contributed by atoms with E-state index < -0.39 is 5.97 Å². The van der Waals surface area contributed by atoms with Crippen molar-refractivity contribution in [3.05, 3.63) is 23.3 Å². The van der Waals surface area contributed by atoms with Gasteiger partial charge < -0.3 is 5.11 Å². The molecule has 0 saturated heterocycles. The van der Waals surface area contributed by atoms with Gasteiger partial charge in [-0.05, 0) is 19.3 Å². The van der Waals surface area contributed by atoms with Gasteiger partial charge in [-0.3, -0.25) is 0 Å². The minimum absolute atomic E-state index is 0.131. The molecule has 0 bridgehead atoms. The molecule has 1 heterocycles. The molecule has 0 aliphatic heterocycles.